The van der Waals surface area contributed by atoms with Gasteiger partial charge in [-0.05, 0) is 12.5 Å². The standard InChI is InChI=1S/C19H27N5O7/c1-10(16(27)23-13(19(30)31)7-11-5-3-2-4-6-11)22-18(29)14(9-25)24-17(28)12(20)8-15(21)26/h2-6,10,12-14,25H,7-9,20H2,1H3,(H2,21,26)(H,22,29)(H,23,27)(H,24,28)(H,30,31). The third-order valence-corrected chi connectivity index (χ3v) is 4.22. The van der Waals surface area contributed by atoms with Crippen molar-refractivity contribution in [2.75, 3.05) is 6.61 Å². The Bertz CT molecular complexity index is 802. The van der Waals surface area contributed by atoms with E-state index in [0.29, 0.717) is 5.56 Å². The van der Waals surface area contributed by atoms with Crippen LogP contribution in [-0.4, -0.2) is 70.6 Å². The first-order valence-electron chi connectivity index (χ1n) is 9.37. The van der Waals surface area contributed by atoms with Gasteiger partial charge in [0.25, 0.3) is 0 Å². The molecule has 9 N–H and O–H groups in total. The number of aliphatic hydroxyl groups excluding tert-OH is 1. The minimum absolute atomic E-state index is 0.0374. The van der Waals surface area contributed by atoms with Gasteiger partial charge in [-0.2, -0.15) is 0 Å². The number of hydrogen-bond acceptors (Lipinski definition) is 7. The van der Waals surface area contributed by atoms with Gasteiger partial charge >= 0.3 is 5.97 Å². The number of amides is 4. The quantitative estimate of drug-likeness (QED) is 0.178. The Hall–Kier alpha value is -3.51. The molecule has 12 heteroatoms. The highest BCUT2D eigenvalue weighted by atomic mass is 16.4. The fraction of sp³-hybridized carbons (Fsp3) is 0.421. The molecule has 0 radical (unpaired) electrons. The van der Waals surface area contributed by atoms with Gasteiger partial charge in [-0.3, -0.25) is 19.2 Å². The van der Waals surface area contributed by atoms with Crippen molar-refractivity contribution in [3.05, 3.63) is 35.9 Å². The Morgan fingerprint density at radius 1 is 0.935 bits per heavy atom. The van der Waals surface area contributed by atoms with Crippen molar-refractivity contribution in [3.63, 3.8) is 0 Å². The molecule has 4 amide bonds. The lowest BCUT2D eigenvalue weighted by Gasteiger charge is -2.22. The highest BCUT2D eigenvalue weighted by Crippen LogP contribution is 2.04. The molecule has 4 unspecified atom stereocenters. The van der Waals surface area contributed by atoms with Gasteiger partial charge in [0.2, 0.25) is 23.6 Å². The Balaban J connectivity index is 2.67. The minimum atomic E-state index is -1.44. The molecule has 0 fully saturated rings. The van der Waals surface area contributed by atoms with E-state index in [-0.39, 0.29) is 6.42 Å². The number of carbonyl (C=O) groups is 5. The first-order chi connectivity index (χ1) is 14.5. The van der Waals surface area contributed by atoms with Gasteiger partial charge < -0.3 is 37.6 Å². The Kier molecular flexibility index (Phi) is 10.1. The molecule has 0 spiro atoms. The zero-order valence-electron chi connectivity index (χ0n) is 16.9. The SMILES string of the molecule is CC(NC(=O)C(CO)NC(=O)C(N)CC(N)=O)C(=O)NC(Cc1ccccc1)C(=O)O. The van der Waals surface area contributed by atoms with Gasteiger partial charge in [-0.25, -0.2) is 4.79 Å². The van der Waals surface area contributed by atoms with Gasteiger partial charge in [0.05, 0.1) is 19.1 Å². The number of rotatable bonds is 12. The van der Waals surface area contributed by atoms with Crippen LogP contribution in [0.15, 0.2) is 30.3 Å². The summed E-state index contributed by atoms with van der Waals surface area (Å²) in [7, 11) is 0. The van der Waals surface area contributed by atoms with Crippen LogP contribution in [0.2, 0.25) is 0 Å². The van der Waals surface area contributed by atoms with Gasteiger partial charge in [0.15, 0.2) is 0 Å². The van der Waals surface area contributed by atoms with Crippen LogP contribution in [-0.2, 0) is 30.4 Å². The summed E-state index contributed by atoms with van der Waals surface area (Å²) >= 11 is 0. The van der Waals surface area contributed by atoms with Crippen LogP contribution >= 0.6 is 0 Å². The molecule has 170 valence electrons. The van der Waals surface area contributed by atoms with Gasteiger partial charge in [0.1, 0.15) is 18.1 Å². The molecule has 0 saturated heterocycles. The molecule has 0 aliphatic heterocycles. The van der Waals surface area contributed by atoms with E-state index >= 15 is 0 Å². The van der Waals surface area contributed by atoms with E-state index in [2.05, 4.69) is 16.0 Å². The number of hydrogen-bond donors (Lipinski definition) is 7. The predicted octanol–water partition coefficient (Wildman–Crippen LogP) is -3.02. The average Bonchev–Trinajstić information content (AvgIpc) is 2.71. The molecule has 0 aliphatic carbocycles. The number of aliphatic hydroxyl groups is 1. The van der Waals surface area contributed by atoms with Crippen LogP contribution in [0.5, 0.6) is 0 Å². The minimum Gasteiger partial charge on any atom is -0.480 e. The van der Waals surface area contributed by atoms with Crippen molar-refractivity contribution in [3.8, 4) is 0 Å². The van der Waals surface area contributed by atoms with Gasteiger partial charge in [0, 0.05) is 6.42 Å². The van der Waals surface area contributed by atoms with Crippen molar-refractivity contribution in [2.45, 2.75) is 43.9 Å². The van der Waals surface area contributed by atoms with E-state index in [1.807, 2.05) is 0 Å². The first-order valence-corrected chi connectivity index (χ1v) is 9.37. The normalized spacial score (nSPS) is 14.4. The van der Waals surface area contributed by atoms with Crippen LogP contribution in [0.25, 0.3) is 0 Å². The van der Waals surface area contributed by atoms with Crippen LogP contribution in [0, 0.1) is 0 Å². The smallest absolute Gasteiger partial charge is 0.326 e. The molecule has 31 heavy (non-hydrogen) atoms. The van der Waals surface area contributed by atoms with Crippen molar-refractivity contribution in [2.24, 2.45) is 11.5 Å². The van der Waals surface area contributed by atoms with Crippen molar-refractivity contribution < 1.29 is 34.2 Å². The topological polar surface area (TPSA) is 214 Å². The molecule has 0 saturated carbocycles. The van der Waals surface area contributed by atoms with Crippen molar-refractivity contribution >= 4 is 29.6 Å². The van der Waals surface area contributed by atoms with Crippen LogP contribution in [0.4, 0.5) is 0 Å². The van der Waals surface area contributed by atoms with Crippen LogP contribution in [0.3, 0.4) is 0 Å². The van der Waals surface area contributed by atoms with Gasteiger partial charge in [-0.1, -0.05) is 30.3 Å². The zero-order chi connectivity index (χ0) is 23.6. The van der Waals surface area contributed by atoms with E-state index in [1.54, 1.807) is 30.3 Å². The highest BCUT2D eigenvalue weighted by molar-refractivity contribution is 5.94. The van der Waals surface area contributed by atoms with Crippen molar-refractivity contribution in [1.29, 1.82) is 0 Å². The summed E-state index contributed by atoms with van der Waals surface area (Å²) in [5, 5.41) is 25.5. The number of nitrogens with two attached hydrogens (primary N) is 2. The molecule has 0 heterocycles. The summed E-state index contributed by atoms with van der Waals surface area (Å²) in [6.07, 6.45) is -0.419. The number of primary amides is 1. The van der Waals surface area contributed by atoms with E-state index in [9.17, 15) is 34.2 Å². The largest absolute Gasteiger partial charge is 0.480 e. The molecule has 12 nitrogen and oxygen atoms in total. The molecular weight excluding hydrogens is 410 g/mol. The number of nitrogens with one attached hydrogen (secondary N) is 3. The Morgan fingerprint density at radius 3 is 2.03 bits per heavy atom. The van der Waals surface area contributed by atoms with E-state index in [1.165, 1.54) is 6.92 Å². The van der Waals surface area contributed by atoms with E-state index < -0.39 is 66.8 Å². The van der Waals surface area contributed by atoms with Crippen molar-refractivity contribution in [1.82, 2.24) is 16.0 Å². The maximum absolute atomic E-state index is 12.3. The summed E-state index contributed by atoms with van der Waals surface area (Å²) in [6.45, 7) is 0.505. The maximum atomic E-state index is 12.3. The monoisotopic (exact) mass is 437 g/mol. The number of benzene rings is 1. The Morgan fingerprint density at radius 2 is 1.52 bits per heavy atom. The van der Waals surface area contributed by atoms with Gasteiger partial charge in [-0.15, -0.1) is 0 Å². The first kappa shape index (κ1) is 25.5. The molecule has 0 aromatic heterocycles. The average molecular weight is 437 g/mol. The van der Waals surface area contributed by atoms with Crippen LogP contribution in [0.1, 0.15) is 18.9 Å². The molecule has 0 aliphatic rings. The van der Waals surface area contributed by atoms with E-state index in [4.69, 9.17) is 11.5 Å². The molecule has 4 atom stereocenters. The third kappa shape index (κ3) is 8.80. The second-order valence-corrected chi connectivity index (χ2v) is 6.84. The zero-order valence-corrected chi connectivity index (χ0v) is 16.9. The molecule has 1 aromatic carbocycles. The lowest BCUT2D eigenvalue weighted by molar-refractivity contribution is -0.142. The molecule has 0 bridgehead atoms. The van der Waals surface area contributed by atoms with E-state index in [0.717, 1.165) is 0 Å². The number of carbonyl (C=O) groups excluding carboxylic acids is 4. The second kappa shape index (κ2) is 12.2. The summed E-state index contributed by atoms with van der Waals surface area (Å²) in [5.41, 5.74) is 11.1. The third-order valence-electron chi connectivity index (χ3n) is 4.22. The Labute approximate surface area is 178 Å². The van der Waals surface area contributed by atoms with Crippen LogP contribution < -0.4 is 27.4 Å². The highest BCUT2D eigenvalue weighted by Gasteiger charge is 2.28. The number of carboxylic acid groups (broad SMARTS) is 1. The molecule has 1 aromatic rings. The molecular formula is C19H27N5O7. The molecule has 1 rings (SSSR count). The summed E-state index contributed by atoms with van der Waals surface area (Å²) in [5.74, 6) is -4.63. The maximum Gasteiger partial charge on any atom is 0.326 e. The summed E-state index contributed by atoms with van der Waals surface area (Å²) < 4.78 is 0. The number of carboxylic acids is 1. The number of aliphatic carboxylic acids is 1. The summed E-state index contributed by atoms with van der Waals surface area (Å²) in [4.78, 5) is 58.8. The predicted molar refractivity (Wildman–Crippen MR) is 108 cm³/mol. The second-order valence-electron chi connectivity index (χ2n) is 6.84. The summed E-state index contributed by atoms with van der Waals surface area (Å²) in [6, 6.07) is 3.51. The lowest BCUT2D eigenvalue weighted by Crippen LogP contribution is -2.57. The lowest BCUT2D eigenvalue weighted by atomic mass is 10.1. The fourth-order valence-corrected chi connectivity index (χ4v) is 2.51. The fourth-order valence-electron chi connectivity index (χ4n) is 2.51.